The second-order valence-electron chi connectivity index (χ2n) is 4.76. The molecule has 0 aliphatic carbocycles. The number of hydrogen-bond donors (Lipinski definition) is 1. The molecule has 1 heterocycles. The summed E-state index contributed by atoms with van der Waals surface area (Å²) in [4.78, 5) is 27.3. The van der Waals surface area contributed by atoms with Gasteiger partial charge in [0.1, 0.15) is 5.82 Å². The molecular formula is C16H16FNO3S. The maximum absolute atomic E-state index is 13.5. The summed E-state index contributed by atoms with van der Waals surface area (Å²) < 4.78 is 18.3. The number of ether oxygens (including phenoxy) is 1. The minimum atomic E-state index is -0.480. The Hall–Kier alpha value is -2.08. The Bertz CT molecular complexity index is 724. The van der Waals surface area contributed by atoms with Gasteiger partial charge < -0.3 is 9.72 Å². The van der Waals surface area contributed by atoms with Crippen molar-refractivity contribution in [1.29, 1.82) is 0 Å². The molecule has 4 nitrogen and oxygen atoms in total. The Balaban J connectivity index is 2.17. The van der Waals surface area contributed by atoms with Crippen LogP contribution in [0.1, 0.15) is 32.1 Å². The predicted octanol–water partition coefficient (Wildman–Crippen LogP) is 3.53. The number of thioether (sulfide) groups is 1. The number of methoxy groups -OCH3 is 1. The van der Waals surface area contributed by atoms with Crippen molar-refractivity contribution in [2.45, 2.75) is 18.7 Å². The molecule has 6 heteroatoms. The number of benzene rings is 1. The lowest BCUT2D eigenvalue weighted by Gasteiger charge is -2.03. The molecule has 116 valence electrons. The largest absolute Gasteiger partial charge is 0.465 e. The molecule has 0 spiro atoms. The van der Waals surface area contributed by atoms with E-state index in [1.807, 2.05) is 0 Å². The number of aromatic amines is 1. The molecule has 0 saturated heterocycles. The topological polar surface area (TPSA) is 59.2 Å². The Morgan fingerprint density at radius 1 is 1.27 bits per heavy atom. The van der Waals surface area contributed by atoms with Gasteiger partial charge in [0.25, 0.3) is 0 Å². The maximum Gasteiger partial charge on any atom is 0.339 e. The van der Waals surface area contributed by atoms with E-state index in [4.69, 9.17) is 4.74 Å². The first kappa shape index (κ1) is 16.3. The average molecular weight is 321 g/mol. The second-order valence-corrected chi connectivity index (χ2v) is 5.78. The third-order valence-electron chi connectivity index (χ3n) is 3.30. The molecule has 0 unspecified atom stereocenters. The van der Waals surface area contributed by atoms with Gasteiger partial charge in [0.05, 0.1) is 24.1 Å². The maximum atomic E-state index is 13.5. The lowest BCUT2D eigenvalue weighted by molar-refractivity contribution is 0.0599. The molecule has 1 aromatic carbocycles. The Kier molecular flexibility index (Phi) is 5.03. The Morgan fingerprint density at radius 3 is 2.59 bits per heavy atom. The number of halogens is 1. The first-order chi connectivity index (χ1) is 10.5. The van der Waals surface area contributed by atoms with Gasteiger partial charge in [0.15, 0.2) is 5.78 Å². The number of Topliss-reactive ketones (excluding diaryl/α,β-unsaturated/α-hetero) is 1. The average Bonchev–Trinajstić information content (AvgIpc) is 2.80. The summed E-state index contributed by atoms with van der Waals surface area (Å²) in [5, 5.41) is 0. The van der Waals surface area contributed by atoms with E-state index >= 15 is 0 Å². The summed E-state index contributed by atoms with van der Waals surface area (Å²) in [7, 11) is 1.30. The van der Waals surface area contributed by atoms with Crippen molar-refractivity contribution in [3.05, 3.63) is 52.6 Å². The molecule has 0 aliphatic heterocycles. The van der Waals surface area contributed by atoms with Crippen LogP contribution in [0.15, 0.2) is 29.2 Å². The van der Waals surface area contributed by atoms with Gasteiger partial charge >= 0.3 is 5.97 Å². The van der Waals surface area contributed by atoms with Crippen molar-refractivity contribution in [2.75, 3.05) is 12.9 Å². The fraction of sp³-hybridized carbons (Fsp3) is 0.250. The van der Waals surface area contributed by atoms with Crippen molar-refractivity contribution in [3.63, 3.8) is 0 Å². The van der Waals surface area contributed by atoms with Crippen molar-refractivity contribution in [1.82, 2.24) is 4.98 Å². The van der Waals surface area contributed by atoms with E-state index in [-0.39, 0.29) is 17.4 Å². The number of ketones is 1. The first-order valence-corrected chi connectivity index (χ1v) is 7.62. The van der Waals surface area contributed by atoms with Crippen molar-refractivity contribution >= 4 is 23.5 Å². The molecule has 1 N–H and O–H groups in total. The predicted molar refractivity (Wildman–Crippen MR) is 83.1 cm³/mol. The molecule has 2 aromatic rings. The molecule has 22 heavy (non-hydrogen) atoms. The van der Waals surface area contributed by atoms with Crippen molar-refractivity contribution < 1.29 is 18.7 Å². The summed E-state index contributed by atoms with van der Waals surface area (Å²) in [5.41, 5.74) is 1.88. The number of carbonyl (C=O) groups excluding carboxylic acids is 2. The van der Waals surface area contributed by atoms with E-state index < -0.39 is 5.97 Å². The van der Waals surface area contributed by atoms with Crippen molar-refractivity contribution in [2.24, 2.45) is 0 Å². The third kappa shape index (κ3) is 3.22. The highest BCUT2D eigenvalue weighted by Gasteiger charge is 2.22. The van der Waals surface area contributed by atoms with Gasteiger partial charge in [0.2, 0.25) is 0 Å². The molecule has 0 radical (unpaired) electrons. The van der Waals surface area contributed by atoms with Crippen molar-refractivity contribution in [3.8, 4) is 0 Å². The number of aromatic nitrogens is 1. The highest BCUT2D eigenvalue weighted by molar-refractivity contribution is 8.00. The quantitative estimate of drug-likeness (QED) is 0.520. The molecule has 0 bridgehead atoms. The summed E-state index contributed by atoms with van der Waals surface area (Å²) in [6.07, 6.45) is 0. The number of esters is 1. The van der Waals surface area contributed by atoms with E-state index in [1.165, 1.54) is 13.2 Å². The zero-order valence-electron chi connectivity index (χ0n) is 12.5. The summed E-state index contributed by atoms with van der Waals surface area (Å²) in [6, 6.07) is 6.30. The van der Waals surface area contributed by atoms with E-state index in [0.717, 1.165) is 11.8 Å². The number of carbonyl (C=O) groups is 2. The van der Waals surface area contributed by atoms with Gasteiger partial charge in [-0.2, -0.15) is 0 Å². The highest BCUT2D eigenvalue weighted by Crippen LogP contribution is 2.24. The van der Waals surface area contributed by atoms with Gasteiger partial charge in [-0.25, -0.2) is 9.18 Å². The summed E-state index contributed by atoms with van der Waals surface area (Å²) in [6.45, 7) is 3.40. The number of H-pyrrole nitrogens is 1. The Morgan fingerprint density at radius 2 is 1.95 bits per heavy atom. The standard InChI is InChI=1S/C16H16FNO3S/c1-9-14(16(20)21-3)10(2)18-15(9)12(19)8-22-13-7-5-4-6-11(13)17/h4-7,18H,8H2,1-3H3. The lowest BCUT2D eigenvalue weighted by Crippen LogP contribution is -2.07. The van der Waals surface area contributed by atoms with Crippen LogP contribution in [-0.4, -0.2) is 29.6 Å². The van der Waals surface area contributed by atoms with Crippen LogP contribution in [0.25, 0.3) is 0 Å². The molecule has 0 amide bonds. The fourth-order valence-electron chi connectivity index (χ4n) is 2.21. The molecule has 0 fully saturated rings. The van der Waals surface area contributed by atoms with E-state index in [1.54, 1.807) is 32.0 Å². The second kappa shape index (κ2) is 6.79. The monoisotopic (exact) mass is 321 g/mol. The third-order valence-corrected chi connectivity index (χ3v) is 4.35. The molecule has 0 atom stereocenters. The minimum Gasteiger partial charge on any atom is -0.465 e. The minimum absolute atomic E-state index is 0.0857. The number of hydrogen-bond acceptors (Lipinski definition) is 4. The molecule has 0 aliphatic rings. The molecule has 2 rings (SSSR count). The number of rotatable bonds is 5. The smallest absolute Gasteiger partial charge is 0.339 e. The van der Waals surface area contributed by atoms with Crippen LogP contribution in [0.3, 0.4) is 0 Å². The molecule has 1 aromatic heterocycles. The summed E-state index contributed by atoms with van der Waals surface area (Å²) in [5.74, 6) is -0.937. The van der Waals surface area contributed by atoms with Crippen LogP contribution < -0.4 is 0 Å². The van der Waals surface area contributed by atoms with Gasteiger partial charge in [-0.1, -0.05) is 12.1 Å². The summed E-state index contributed by atoms with van der Waals surface area (Å²) >= 11 is 1.13. The molecule has 0 saturated carbocycles. The fourth-order valence-corrected chi connectivity index (χ4v) is 3.03. The van der Waals surface area contributed by atoms with Crippen LogP contribution in [0.2, 0.25) is 0 Å². The molecular weight excluding hydrogens is 305 g/mol. The van der Waals surface area contributed by atoms with E-state index in [2.05, 4.69) is 4.98 Å². The van der Waals surface area contributed by atoms with Crippen LogP contribution in [0, 0.1) is 19.7 Å². The van der Waals surface area contributed by atoms with Crippen LogP contribution in [-0.2, 0) is 4.74 Å². The zero-order chi connectivity index (χ0) is 16.3. The normalized spacial score (nSPS) is 10.5. The van der Waals surface area contributed by atoms with Crippen LogP contribution >= 0.6 is 11.8 Å². The van der Waals surface area contributed by atoms with Gasteiger partial charge in [-0.15, -0.1) is 11.8 Å². The number of nitrogens with one attached hydrogen (secondary N) is 1. The van der Waals surface area contributed by atoms with Crippen LogP contribution in [0.5, 0.6) is 0 Å². The van der Waals surface area contributed by atoms with E-state index in [0.29, 0.717) is 27.4 Å². The SMILES string of the molecule is COC(=O)c1c(C)[nH]c(C(=O)CSc2ccccc2F)c1C. The first-order valence-electron chi connectivity index (χ1n) is 6.63. The van der Waals surface area contributed by atoms with Crippen LogP contribution in [0.4, 0.5) is 4.39 Å². The Labute approximate surface area is 132 Å². The number of aryl methyl sites for hydroxylation is 1. The lowest BCUT2D eigenvalue weighted by atomic mass is 10.1. The van der Waals surface area contributed by atoms with E-state index in [9.17, 15) is 14.0 Å². The van der Waals surface area contributed by atoms with Gasteiger partial charge in [-0.05, 0) is 31.5 Å². The van der Waals surface area contributed by atoms with Gasteiger partial charge in [-0.3, -0.25) is 4.79 Å². The highest BCUT2D eigenvalue weighted by atomic mass is 32.2. The van der Waals surface area contributed by atoms with Gasteiger partial charge in [0, 0.05) is 10.6 Å². The zero-order valence-corrected chi connectivity index (χ0v) is 13.3.